The highest BCUT2D eigenvalue weighted by Crippen LogP contribution is 2.51. The van der Waals surface area contributed by atoms with Gasteiger partial charge in [0.05, 0.1) is 27.8 Å². The first-order valence-electron chi connectivity index (χ1n) is 16.9. The Morgan fingerprint density at radius 2 is 1.40 bits per heavy atom. The monoisotopic (exact) mass is 847 g/mol. The fourth-order valence-electron chi connectivity index (χ4n) is 5.06. The molecule has 2 aromatic heterocycles. The van der Waals surface area contributed by atoms with E-state index in [9.17, 15) is 0 Å². The molecular formula is C35H46Cl5N5O5Si2. The van der Waals surface area contributed by atoms with E-state index in [1.165, 1.54) is 0 Å². The third-order valence-corrected chi connectivity index (χ3v) is 21.5. The van der Waals surface area contributed by atoms with Crippen molar-refractivity contribution >= 4 is 91.8 Å². The molecule has 1 aliphatic rings. The van der Waals surface area contributed by atoms with Crippen LogP contribution < -0.4 is 15.2 Å². The Morgan fingerprint density at radius 1 is 0.827 bits per heavy atom. The number of anilines is 1. The highest BCUT2D eigenvalue weighted by atomic mass is 35.5. The molecule has 0 spiro atoms. The Morgan fingerprint density at radius 3 is 1.98 bits per heavy atom. The van der Waals surface area contributed by atoms with Crippen LogP contribution in [0.25, 0.3) is 11.2 Å². The lowest BCUT2D eigenvalue weighted by molar-refractivity contribution is -0.0400. The summed E-state index contributed by atoms with van der Waals surface area (Å²) in [5, 5.41) is -0.255. The van der Waals surface area contributed by atoms with Crippen molar-refractivity contribution in [1.82, 2.24) is 19.5 Å². The molecular weight excluding hydrogens is 804 g/mol. The highest BCUT2D eigenvalue weighted by molar-refractivity contribution is 6.74. The smallest absolute Gasteiger partial charge is 0.306 e. The van der Waals surface area contributed by atoms with Crippen LogP contribution in [0.3, 0.4) is 0 Å². The molecule has 3 heterocycles. The fourth-order valence-corrected chi connectivity index (χ4v) is 8.63. The summed E-state index contributed by atoms with van der Waals surface area (Å²) in [6.07, 6.45) is -1.07. The van der Waals surface area contributed by atoms with Crippen molar-refractivity contribution in [3.05, 3.63) is 61.0 Å². The van der Waals surface area contributed by atoms with E-state index in [4.69, 9.17) is 91.8 Å². The Hall–Kier alpha value is -1.85. The molecule has 3 atom stereocenters. The van der Waals surface area contributed by atoms with Crippen LogP contribution in [0.1, 0.15) is 59.8 Å². The fraction of sp³-hybridized carbons (Fsp3) is 0.514. The van der Waals surface area contributed by atoms with Crippen molar-refractivity contribution in [2.24, 2.45) is 0 Å². The van der Waals surface area contributed by atoms with Gasteiger partial charge in [0, 0.05) is 6.42 Å². The van der Waals surface area contributed by atoms with Crippen LogP contribution in [0.15, 0.2) is 30.3 Å². The minimum absolute atomic E-state index is 0.000224. The maximum atomic E-state index is 7.04. The van der Waals surface area contributed by atoms with E-state index in [-0.39, 0.29) is 77.0 Å². The normalized spacial score (nSPS) is 18.7. The van der Waals surface area contributed by atoms with Gasteiger partial charge in [-0.1, -0.05) is 130 Å². The van der Waals surface area contributed by atoms with Crippen LogP contribution in [0.4, 0.5) is 5.95 Å². The van der Waals surface area contributed by atoms with E-state index < -0.39 is 29.0 Å². The van der Waals surface area contributed by atoms with Gasteiger partial charge in [0.15, 0.2) is 33.5 Å². The van der Waals surface area contributed by atoms with Gasteiger partial charge in [-0.2, -0.15) is 15.0 Å². The van der Waals surface area contributed by atoms with Gasteiger partial charge in [0.2, 0.25) is 11.8 Å². The number of nitrogens with two attached hydrogens (primary N) is 1. The van der Waals surface area contributed by atoms with Gasteiger partial charge in [0.25, 0.3) is 0 Å². The topological polar surface area (TPSA) is 116 Å². The average molecular weight is 850 g/mol. The number of rotatable bonds is 11. The molecule has 284 valence electrons. The molecule has 1 aliphatic heterocycles. The standard InChI is InChI=1S/C35H46Cl5N5O5Si2/c1-34(2,3)51(7,8)47-18-21-20(50-52(9,10)35(4,5)6)16-22(48-21)45-30-28(31(44-32(41)43-30)46-17-19-14-12-11-13-15-19)42-33(45)49-29-26(39)24(37)23(36)25(38)27(29)40/h11-15,20-22H,16-18H2,1-10H3,(H2,41,43,44)/t20-,21+,22+/m0/s1. The maximum Gasteiger partial charge on any atom is 0.306 e. The number of benzene rings is 2. The molecule has 52 heavy (non-hydrogen) atoms. The number of hydrogen-bond acceptors (Lipinski definition) is 9. The molecule has 2 aromatic carbocycles. The maximum absolute atomic E-state index is 7.04. The first-order chi connectivity index (χ1) is 24.0. The molecule has 10 nitrogen and oxygen atoms in total. The second kappa shape index (κ2) is 15.4. The zero-order valence-corrected chi connectivity index (χ0v) is 36.8. The Kier molecular flexibility index (Phi) is 12.2. The Bertz CT molecular complexity index is 1910. The minimum Gasteiger partial charge on any atom is -0.471 e. The Balaban J connectivity index is 1.64. The predicted molar refractivity (Wildman–Crippen MR) is 216 cm³/mol. The van der Waals surface area contributed by atoms with Gasteiger partial charge in [-0.15, -0.1) is 0 Å². The average Bonchev–Trinajstić information content (AvgIpc) is 3.61. The van der Waals surface area contributed by atoms with Crippen LogP contribution in [0.5, 0.6) is 17.6 Å². The Labute approximate surface area is 332 Å². The van der Waals surface area contributed by atoms with E-state index in [0.29, 0.717) is 18.7 Å². The van der Waals surface area contributed by atoms with Crippen LogP contribution in [0, 0.1) is 0 Å². The number of imidazole rings is 1. The zero-order chi connectivity index (χ0) is 38.6. The van der Waals surface area contributed by atoms with Crippen molar-refractivity contribution < 1.29 is 23.1 Å². The summed E-state index contributed by atoms with van der Waals surface area (Å²) in [5.74, 6) is 0.0443. The molecule has 0 unspecified atom stereocenters. The minimum atomic E-state index is -2.28. The number of nitrogens with zero attached hydrogens (tertiary/aromatic N) is 4. The van der Waals surface area contributed by atoms with Crippen molar-refractivity contribution in [3.8, 4) is 17.6 Å². The third kappa shape index (κ3) is 8.51. The number of halogens is 5. The summed E-state index contributed by atoms with van der Waals surface area (Å²) in [6, 6.07) is 9.64. The van der Waals surface area contributed by atoms with Gasteiger partial charge in [-0.3, -0.25) is 4.57 Å². The summed E-state index contributed by atoms with van der Waals surface area (Å²) in [5.41, 5.74) is 7.78. The molecule has 2 N–H and O–H groups in total. The van der Waals surface area contributed by atoms with Gasteiger partial charge >= 0.3 is 6.01 Å². The quantitative estimate of drug-likeness (QED) is 0.0894. The number of hydrogen-bond donors (Lipinski definition) is 1. The molecule has 1 fully saturated rings. The van der Waals surface area contributed by atoms with Crippen LogP contribution in [-0.4, -0.2) is 55.0 Å². The summed E-state index contributed by atoms with van der Waals surface area (Å²) in [4.78, 5) is 13.8. The van der Waals surface area contributed by atoms with Crippen LogP contribution >= 0.6 is 58.0 Å². The van der Waals surface area contributed by atoms with Gasteiger partial charge in [-0.05, 0) is 41.8 Å². The third-order valence-electron chi connectivity index (χ3n) is 10.2. The largest absolute Gasteiger partial charge is 0.471 e. The van der Waals surface area contributed by atoms with E-state index in [1.54, 1.807) is 4.57 Å². The van der Waals surface area contributed by atoms with Gasteiger partial charge < -0.3 is 28.8 Å². The summed E-state index contributed by atoms with van der Waals surface area (Å²) in [6.45, 7) is 22.6. The zero-order valence-electron chi connectivity index (χ0n) is 31.0. The number of ether oxygens (including phenoxy) is 3. The second-order valence-corrected chi connectivity index (χ2v) is 27.4. The predicted octanol–water partition coefficient (Wildman–Crippen LogP) is 11.7. The van der Waals surface area contributed by atoms with E-state index in [0.717, 1.165) is 5.56 Å². The van der Waals surface area contributed by atoms with Crippen molar-refractivity contribution in [2.75, 3.05) is 12.3 Å². The molecule has 17 heteroatoms. The van der Waals surface area contributed by atoms with Crippen molar-refractivity contribution in [1.29, 1.82) is 0 Å². The summed E-state index contributed by atoms with van der Waals surface area (Å²) >= 11 is 32.4. The van der Waals surface area contributed by atoms with Gasteiger partial charge in [-0.25, -0.2) is 0 Å². The van der Waals surface area contributed by atoms with Crippen LogP contribution in [0.2, 0.25) is 61.4 Å². The summed E-state index contributed by atoms with van der Waals surface area (Å²) in [7, 11) is -4.44. The van der Waals surface area contributed by atoms with Gasteiger partial charge in [0.1, 0.15) is 29.0 Å². The lowest BCUT2D eigenvalue weighted by Gasteiger charge is -2.40. The molecule has 0 aliphatic carbocycles. The van der Waals surface area contributed by atoms with Crippen molar-refractivity contribution in [3.63, 3.8) is 0 Å². The first kappa shape index (κ1) is 41.3. The molecule has 0 radical (unpaired) electrons. The molecule has 0 bridgehead atoms. The molecule has 0 amide bonds. The van der Waals surface area contributed by atoms with E-state index >= 15 is 0 Å². The molecule has 1 saturated heterocycles. The summed E-state index contributed by atoms with van der Waals surface area (Å²) < 4.78 is 34.9. The number of nitrogen functional groups attached to an aromatic ring is 1. The first-order valence-corrected chi connectivity index (χ1v) is 24.6. The van der Waals surface area contributed by atoms with Crippen LogP contribution in [-0.2, 0) is 20.2 Å². The molecule has 4 aromatic rings. The van der Waals surface area contributed by atoms with E-state index in [1.807, 2.05) is 30.3 Å². The number of aromatic nitrogens is 4. The highest BCUT2D eigenvalue weighted by Gasteiger charge is 2.47. The molecule has 0 saturated carbocycles. The lowest BCUT2D eigenvalue weighted by Crippen LogP contribution is -2.48. The SMILES string of the molecule is CC(C)(C)[Si](C)(C)OC[C@H]1O[C@@H](n2c(Oc3c(Cl)c(Cl)c(Cl)c(Cl)c3Cl)nc3c(OCc4ccccc4)nc(N)nc32)C[C@@H]1O[Si](C)(C)C(C)(C)C. The number of fused-ring (bicyclic) bond motifs is 1. The van der Waals surface area contributed by atoms with E-state index in [2.05, 4.69) is 77.7 Å². The second-order valence-electron chi connectivity index (χ2n) is 16.0. The lowest BCUT2D eigenvalue weighted by atomic mass is 10.2. The van der Waals surface area contributed by atoms with Crippen molar-refractivity contribution in [2.45, 2.75) is 109 Å². The molecule has 5 rings (SSSR count).